The molecule has 0 bridgehead atoms. The van der Waals surface area contributed by atoms with Gasteiger partial charge >= 0.3 is 6.09 Å². The zero-order chi connectivity index (χ0) is 16.3. The number of carboxylic acid groups (broad SMARTS) is 1. The maximum Gasteiger partial charge on any atom is 0.407 e. The van der Waals surface area contributed by atoms with Gasteiger partial charge in [0.05, 0.1) is 5.69 Å². The molecule has 1 fully saturated rings. The van der Waals surface area contributed by atoms with Crippen LogP contribution in [0.5, 0.6) is 0 Å². The quantitative estimate of drug-likeness (QED) is 0.906. The number of likely N-dealkylation sites (tertiary alicyclic amines) is 1. The zero-order valence-corrected chi connectivity index (χ0v) is 12.7. The molecule has 2 aromatic rings. The van der Waals surface area contributed by atoms with Gasteiger partial charge in [0.25, 0.3) is 0 Å². The van der Waals surface area contributed by atoms with Gasteiger partial charge in [0.1, 0.15) is 5.60 Å². The molecule has 1 aromatic heterocycles. The molecule has 1 aromatic carbocycles. The van der Waals surface area contributed by atoms with Crippen LogP contribution in [0, 0.1) is 5.92 Å². The first-order valence-corrected chi connectivity index (χ1v) is 7.66. The van der Waals surface area contributed by atoms with Crippen LogP contribution in [0.2, 0.25) is 0 Å². The fraction of sp³-hybridized carbons (Fsp3) is 0.353. The summed E-state index contributed by atoms with van der Waals surface area (Å²) in [5, 5.41) is 28.7. The van der Waals surface area contributed by atoms with Crippen molar-refractivity contribution in [1.29, 1.82) is 0 Å². The van der Waals surface area contributed by atoms with E-state index in [1.807, 2.05) is 30.3 Å². The summed E-state index contributed by atoms with van der Waals surface area (Å²) in [4.78, 5) is 12.5. The van der Waals surface area contributed by atoms with Crippen molar-refractivity contribution in [3.05, 3.63) is 59.9 Å². The Morgan fingerprint density at radius 2 is 1.83 bits per heavy atom. The van der Waals surface area contributed by atoms with Gasteiger partial charge in [-0.15, -0.1) is 0 Å². The molecule has 1 amide bonds. The number of aromatic nitrogens is 2. The van der Waals surface area contributed by atoms with Gasteiger partial charge < -0.3 is 15.1 Å². The van der Waals surface area contributed by atoms with Crippen molar-refractivity contribution >= 4 is 6.09 Å². The van der Waals surface area contributed by atoms with Crippen molar-refractivity contribution in [2.24, 2.45) is 5.92 Å². The molecule has 0 unspecified atom stereocenters. The average molecular weight is 313 g/mol. The van der Waals surface area contributed by atoms with E-state index in [4.69, 9.17) is 5.11 Å². The Morgan fingerprint density at radius 3 is 2.39 bits per heavy atom. The number of nitrogens with zero attached hydrogens (tertiary/aromatic N) is 3. The topological polar surface area (TPSA) is 86.5 Å². The molecule has 120 valence electrons. The minimum atomic E-state index is -1.26. The maximum absolute atomic E-state index is 11.5. The summed E-state index contributed by atoms with van der Waals surface area (Å²) >= 11 is 0. The van der Waals surface area contributed by atoms with Crippen LogP contribution in [0.4, 0.5) is 4.79 Å². The van der Waals surface area contributed by atoms with E-state index in [1.54, 1.807) is 18.3 Å². The predicted octanol–water partition coefficient (Wildman–Crippen LogP) is 2.10. The first kappa shape index (κ1) is 15.4. The number of hydrogen-bond acceptors (Lipinski definition) is 4. The van der Waals surface area contributed by atoms with Gasteiger partial charge in [-0.1, -0.05) is 30.3 Å². The minimum absolute atomic E-state index is 0.114. The van der Waals surface area contributed by atoms with Crippen molar-refractivity contribution < 1.29 is 15.0 Å². The van der Waals surface area contributed by atoms with Gasteiger partial charge in [0.15, 0.2) is 0 Å². The van der Waals surface area contributed by atoms with E-state index in [9.17, 15) is 9.90 Å². The lowest BCUT2D eigenvalue weighted by molar-refractivity contribution is -0.0160. The SMILES string of the molecule is O=C(O)N1CCC([C@](O)(c2ccccc2)c2cccnn2)CC1. The number of hydrogen-bond donors (Lipinski definition) is 2. The molecule has 0 saturated carbocycles. The van der Waals surface area contributed by atoms with Crippen LogP contribution in [0.1, 0.15) is 24.1 Å². The third-order valence-electron chi connectivity index (χ3n) is 4.53. The average Bonchev–Trinajstić information content (AvgIpc) is 2.62. The van der Waals surface area contributed by atoms with E-state index >= 15 is 0 Å². The third kappa shape index (κ3) is 2.90. The smallest absolute Gasteiger partial charge is 0.407 e. The Bertz CT molecular complexity index is 616. The van der Waals surface area contributed by atoms with Gasteiger partial charge in [-0.05, 0) is 30.5 Å². The first-order valence-electron chi connectivity index (χ1n) is 7.66. The molecule has 1 aliphatic rings. The summed E-state index contributed by atoms with van der Waals surface area (Å²) in [6.45, 7) is 0.824. The molecule has 0 aliphatic carbocycles. The summed E-state index contributed by atoms with van der Waals surface area (Å²) < 4.78 is 0. The number of carbonyl (C=O) groups is 1. The molecule has 2 N–H and O–H groups in total. The molecule has 2 heterocycles. The summed E-state index contributed by atoms with van der Waals surface area (Å²) in [6, 6.07) is 12.9. The second kappa shape index (κ2) is 6.34. The van der Waals surface area contributed by atoms with Gasteiger partial charge in [-0.25, -0.2) is 4.79 Å². The van der Waals surface area contributed by atoms with Gasteiger partial charge in [-0.2, -0.15) is 10.2 Å². The molecule has 1 atom stereocenters. The largest absolute Gasteiger partial charge is 0.465 e. The maximum atomic E-state index is 11.5. The van der Waals surface area contributed by atoms with Crippen molar-refractivity contribution in [2.75, 3.05) is 13.1 Å². The predicted molar refractivity (Wildman–Crippen MR) is 83.8 cm³/mol. The van der Waals surface area contributed by atoms with E-state index < -0.39 is 11.7 Å². The van der Waals surface area contributed by atoms with Crippen molar-refractivity contribution in [2.45, 2.75) is 18.4 Å². The monoisotopic (exact) mass is 313 g/mol. The van der Waals surface area contributed by atoms with Crippen LogP contribution >= 0.6 is 0 Å². The normalized spacial score (nSPS) is 18.4. The Morgan fingerprint density at radius 1 is 1.13 bits per heavy atom. The molecule has 1 saturated heterocycles. The molecule has 6 nitrogen and oxygen atoms in total. The lowest BCUT2D eigenvalue weighted by Crippen LogP contribution is -2.46. The van der Waals surface area contributed by atoms with Crippen molar-refractivity contribution in [3.63, 3.8) is 0 Å². The van der Waals surface area contributed by atoms with E-state index in [1.165, 1.54) is 4.90 Å². The molecule has 6 heteroatoms. The molecule has 3 rings (SSSR count). The van der Waals surface area contributed by atoms with E-state index in [2.05, 4.69) is 10.2 Å². The zero-order valence-electron chi connectivity index (χ0n) is 12.7. The number of aliphatic hydroxyl groups is 1. The van der Waals surface area contributed by atoms with Crippen LogP contribution in [0.3, 0.4) is 0 Å². The molecule has 0 spiro atoms. The number of rotatable bonds is 3. The Kier molecular flexibility index (Phi) is 4.25. The lowest BCUT2D eigenvalue weighted by Gasteiger charge is -2.40. The highest BCUT2D eigenvalue weighted by Gasteiger charge is 2.43. The van der Waals surface area contributed by atoms with Gasteiger partial charge in [0.2, 0.25) is 0 Å². The van der Waals surface area contributed by atoms with Gasteiger partial charge in [-0.3, -0.25) is 0 Å². The molecule has 0 radical (unpaired) electrons. The Hall–Kier alpha value is -2.47. The third-order valence-corrected chi connectivity index (χ3v) is 4.53. The molecular weight excluding hydrogens is 294 g/mol. The van der Waals surface area contributed by atoms with E-state index in [-0.39, 0.29) is 5.92 Å². The van der Waals surface area contributed by atoms with Crippen LogP contribution in [-0.2, 0) is 5.60 Å². The summed E-state index contributed by atoms with van der Waals surface area (Å²) in [6.07, 6.45) is 1.82. The molecule has 23 heavy (non-hydrogen) atoms. The summed E-state index contributed by atoms with van der Waals surface area (Å²) in [5.74, 6) is -0.114. The van der Waals surface area contributed by atoms with Crippen LogP contribution in [0.25, 0.3) is 0 Å². The molecule has 1 aliphatic heterocycles. The highest BCUT2D eigenvalue weighted by atomic mass is 16.4. The Balaban J connectivity index is 1.96. The summed E-state index contributed by atoms with van der Waals surface area (Å²) in [7, 11) is 0. The lowest BCUT2D eigenvalue weighted by atomic mass is 9.74. The van der Waals surface area contributed by atoms with Crippen molar-refractivity contribution in [1.82, 2.24) is 15.1 Å². The van der Waals surface area contributed by atoms with E-state index in [0.717, 1.165) is 5.56 Å². The number of piperidine rings is 1. The van der Waals surface area contributed by atoms with Crippen LogP contribution in [-0.4, -0.2) is 44.5 Å². The summed E-state index contributed by atoms with van der Waals surface area (Å²) in [5.41, 5.74) is -0.00521. The Labute approximate surface area is 134 Å². The number of amides is 1. The molecular formula is C17H19N3O3. The fourth-order valence-electron chi connectivity index (χ4n) is 3.28. The second-order valence-electron chi connectivity index (χ2n) is 5.79. The van der Waals surface area contributed by atoms with E-state index in [0.29, 0.717) is 31.6 Å². The minimum Gasteiger partial charge on any atom is -0.465 e. The highest BCUT2D eigenvalue weighted by molar-refractivity contribution is 5.65. The highest BCUT2D eigenvalue weighted by Crippen LogP contribution is 2.40. The van der Waals surface area contributed by atoms with Crippen LogP contribution in [0.15, 0.2) is 48.7 Å². The standard InChI is InChI=1S/C17H19N3O3/c21-16(22)20-11-8-14(9-12-20)17(23,13-5-2-1-3-6-13)15-7-4-10-18-19-15/h1-7,10,14,23H,8-9,11-12H2,(H,21,22)/t17-/m1/s1. The van der Waals surface area contributed by atoms with Crippen LogP contribution < -0.4 is 0 Å². The number of benzene rings is 1. The second-order valence-corrected chi connectivity index (χ2v) is 5.79. The van der Waals surface area contributed by atoms with Gasteiger partial charge in [0, 0.05) is 25.2 Å². The fourth-order valence-corrected chi connectivity index (χ4v) is 3.28. The van der Waals surface area contributed by atoms with Crippen molar-refractivity contribution in [3.8, 4) is 0 Å². The first-order chi connectivity index (χ1) is 11.1.